The van der Waals surface area contributed by atoms with Crippen molar-refractivity contribution >= 4 is 17.5 Å². The van der Waals surface area contributed by atoms with Gasteiger partial charge >= 0.3 is 0 Å². The SMILES string of the molecule is CN1C(=O)C23CC4C(C)(C)[C@@]5(C[C@@]41CN2CC[C@@]3(C)O)C(=O)Nc1c5ccc2c1OC=CC(C)(C)O2. The first kappa shape index (κ1) is 22.6. The maximum absolute atomic E-state index is 14.2. The second-order valence-corrected chi connectivity index (χ2v) is 13.2. The molecule has 192 valence electrons. The van der Waals surface area contributed by atoms with Gasteiger partial charge in [0.05, 0.1) is 28.5 Å². The molecule has 6 aliphatic heterocycles. The molecule has 1 aromatic rings. The average molecular weight is 494 g/mol. The first-order valence-electron chi connectivity index (χ1n) is 13.0. The molecule has 2 unspecified atom stereocenters. The number of carbonyl (C=O) groups excluding carboxylic acids is 2. The summed E-state index contributed by atoms with van der Waals surface area (Å²) in [5.41, 5.74) is -2.82. The van der Waals surface area contributed by atoms with Gasteiger partial charge in [-0.3, -0.25) is 14.5 Å². The quantitative estimate of drug-likeness (QED) is 0.578. The number of benzene rings is 1. The number of hydrogen-bond donors (Lipinski definition) is 2. The largest absolute Gasteiger partial charge is 0.480 e. The summed E-state index contributed by atoms with van der Waals surface area (Å²) >= 11 is 0. The van der Waals surface area contributed by atoms with Crippen LogP contribution in [-0.2, 0) is 15.0 Å². The van der Waals surface area contributed by atoms with Gasteiger partial charge in [0, 0.05) is 20.1 Å². The Kier molecular flexibility index (Phi) is 3.83. The van der Waals surface area contributed by atoms with E-state index in [9.17, 15) is 14.7 Å². The van der Waals surface area contributed by atoms with E-state index in [1.54, 1.807) is 6.26 Å². The van der Waals surface area contributed by atoms with Gasteiger partial charge in [-0.15, -0.1) is 0 Å². The lowest BCUT2D eigenvalue weighted by molar-refractivity contribution is -0.206. The fourth-order valence-corrected chi connectivity index (χ4v) is 9.04. The van der Waals surface area contributed by atoms with Crippen molar-refractivity contribution in [3.05, 3.63) is 30.0 Å². The first-order chi connectivity index (χ1) is 16.7. The third kappa shape index (κ3) is 2.15. The van der Waals surface area contributed by atoms with Crippen LogP contribution >= 0.6 is 0 Å². The highest BCUT2D eigenvalue weighted by molar-refractivity contribution is 6.09. The lowest BCUT2D eigenvalue weighted by atomic mass is 9.55. The molecule has 1 aromatic carbocycles. The number of hydrogen-bond acceptors (Lipinski definition) is 6. The van der Waals surface area contributed by atoms with Gasteiger partial charge in [0.25, 0.3) is 0 Å². The minimum Gasteiger partial charge on any atom is -0.480 e. The molecule has 2 N–H and O–H groups in total. The number of amides is 2. The molecular formula is C28H35N3O5. The van der Waals surface area contributed by atoms with Crippen LogP contribution in [0.5, 0.6) is 11.5 Å². The smallest absolute Gasteiger partial charge is 0.246 e. The Labute approximate surface area is 211 Å². The van der Waals surface area contributed by atoms with Crippen molar-refractivity contribution in [2.75, 3.05) is 25.5 Å². The molecule has 0 radical (unpaired) electrons. The third-order valence-corrected chi connectivity index (χ3v) is 11.0. The molecule has 36 heavy (non-hydrogen) atoms. The maximum Gasteiger partial charge on any atom is 0.246 e. The molecule has 6 heterocycles. The number of anilines is 1. The predicted octanol–water partition coefficient (Wildman–Crippen LogP) is 2.80. The molecule has 8 nitrogen and oxygen atoms in total. The number of nitrogens with zero attached hydrogens (tertiary/aromatic N) is 2. The van der Waals surface area contributed by atoms with E-state index in [0.717, 1.165) is 5.56 Å². The van der Waals surface area contributed by atoms with E-state index in [0.29, 0.717) is 49.5 Å². The summed E-state index contributed by atoms with van der Waals surface area (Å²) in [6, 6.07) is 3.92. The Hall–Kier alpha value is -2.58. The Morgan fingerprint density at radius 2 is 1.89 bits per heavy atom. The molecule has 4 saturated heterocycles. The van der Waals surface area contributed by atoms with Crippen molar-refractivity contribution in [2.45, 2.75) is 81.6 Å². The van der Waals surface area contributed by atoms with Crippen molar-refractivity contribution in [3.63, 3.8) is 0 Å². The van der Waals surface area contributed by atoms with Crippen LogP contribution in [0.3, 0.4) is 0 Å². The number of likely N-dealkylation sites (N-methyl/N-ethyl adjacent to an activating group) is 1. The molecule has 5 fully saturated rings. The van der Waals surface area contributed by atoms with Gasteiger partial charge in [0.1, 0.15) is 11.1 Å². The molecule has 2 bridgehead atoms. The minimum atomic E-state index is -1.10. The Morgan fingerprint density at radius 1 is 1.14 bits per heavy atom. The van der Waals surface area contributed by atoms with Crippen LogP contribution in [0, 0.1) is 11.3 Å². The molecule has 1 aliphatic carbocycles. The topological polar surface area (TPSA) is 91.3 Å². The van der Waals surface area contributed by atoms with Crippen molar-refractivity contribution in [1.29, 1.82) is 0 Å². The molecule has 7 aliphatic rings. The predicted molar refractivity (Wildman–Crippen MR) is 133 cm³/mol. The summed E-state index contributed by atoms with van der Waals surface area (Å²) in [5.74, 6) is 1.10. The Balaban J connectivity index is 1.42. The summed E-state index contributed by atoms with van der Waals surface area (Å²) in [4.78, 5) is 32.2. The standard InChI is InChI=1S/C28H35N3O5/c1-23(2)10-12-35-20-17(36-23)8-7-16-19(20)29-21(32)27(16)14-26-15-31-11-9-25(5,34)28(31,22(33)30(26)6)13-18(26)24(27,3)4/h7-8,10,12,18,34H,9,11,13-15H2,1-6H3,(H,29,32)/t18?,25-,26-,27-,28?/m1/s1. The fraction of sp³-hybridized carbons (Fsp3) is 0.643. The minimum absolute atomic E-state index is 0.00925. The second-order valence-electron chi connectivity index (χ2n) is 13.2. The number of fused-ring (bicyclic) bond motifs is 5. The van der Waals surface area contributed by atoms with E-state index in [1.807, 2.05) is 50.9 Å². The number of aliphatic hydroxyl groups is 1. The summed E-state index contributed by atoms with van der Waals surface area (Å²) in [6.45, 7) is 11.5. The van der Waals surface area contributed by atoms with Gasteiger partial charge < -0.3 is 24.8 Å². The first-order valence-corrected chi connectivity index (χ1v) is 13.0. The van der Waals surface area contributed by atoms with Crippen molar-refractivity contribution in [2.24, 2.45) is 11.3 Å². The summed E-state index contributed by atoms with van der Waals surface area (Å²) in [5, 5.41) is 14.7. The molecule has 3 spiro atoms. The van der Waals surface area contributed by atoms with Crippen molar-refractivity contribution in [1.82, 2.24) is 9.80 Å². The van der Waals surface area contributed by atoms with E-state index in [4.69, 9.17) is 9.47 Å². The number of nitrogens with one attached hydrogen (secondary N) is 1. The molecular weight excluding hydrogens is 458 g/mol. The van der Waals surface area contributed by atoms with Crippen LogP contribution in [0.25, 0.3) is 0 Å². The normalized spacial score (nSPS) is 42.9. The zero-order valence-electron chi connectivity index (χ0n) is 21.9. The lowest BCUT2D eigenvalue weighted by Gasteiger charge is -2.65. The summed E-state index contributed by atoms with van der Waals surface area (Å²) in [6.07, 6.45) is 5.16. The van der Waals surface area contributed by atoms with Crippen LogP contribution in [-0.4, -0.2) is 69.1 Å². The van der Waals surface area contributed by atoms with Crippen LogP contribution in [0.4, 0.5) is 5.69 Å². The maximum atomic E-state index is 14.2. The zero-order valence-corrected chi connectivity index (χ0v) is 21.9. The van der Waals surface area contributed by atoms with E-state index in [2.05, 4.69) is 24.1 Å². The molecule has 5 atom stereocenters. The molecule has 8 heteroatoms. The van der Waals surface area contributed by atoms with Crippen molar-refractivity contribution < 1.29 is 24.2 Å². The van der Waals surface area contributed by atoms with Crippen LogP contribution in [0.1, 0.15) is 59.4 Å². The molecule has 2 amide bonds. The monoisotopic (exact) mass is 493 g/mol. The fourth-order valence-electron chi connectivity index (χ4n) is 9.04. The van der Waals surface area contributed by atoms with E-state index in [-0.39, 0.29) is 17.7 Å². The number of rotatable bonds is 0. The van der Waals surface area contributed by atoms with Gasteiger partial charge in [-0.25, -0.2) is 0 Å². The number of piperazine rings is 1. The number of piperidine rings is 2. The highest BCUT2D eigenvalue weighted by atomic mass is 16.5. The Morgan fingerprint density at radius 3 is 2.64 bits per heavy atom. The van der Waals surface area contributed by atoms with Crippen LogP contribution in [0.15, 0.2) is 24.5 Å². The van der Waals surface area contributed by atoms with E-state index >= 15 is 0 Å². The van der Waals surface area contributed by atoms with Gasteiger partial charge in [0.2, 0.25) is 11.8 Å². The lowest BCUT2D eigenvalue weighted by Crippen LogP contribution is -2.82. The van der Waals surface area contributed by atoms with Crippen molar-refractivity contribution in [3.8, 4) is 11.5 Å². The average Bonchev–Trinajstić information content (AvgIpc) is 3.25. The highest BCUT2D eigenvalue weighted by Crippen LogP contribution is 2.73. The second kappa shape index (κ2) is 6.10. The van der Waals surface area contributed by atoms with Gasteiger partial charge in [0.15, 0.2) is 11.5 Å². The van der Waals surface area contributed by atoms with Gasteiger partial charge in [-0.1, -0.05) is 19.9 Å². The summed E-state index contributed by atoms with van der Waals surface area (Å²) < 4.78 is 12.2. The third-order valence-electron chi connectivity index (χ3n) is 11.0. The van der Waals surface area contributed by atoms with Crippen LogP contribution < -0.4 is 14.8 Å². The highest BCUT2D eigenvalue weighted by Gasteiger charge is 2.82. The van der Waals surface area contributed by atoms with E-state index in [1.165, 1.54) is 0 Å². The number of carbonyl (C=O) groups is 2. The van der Waals surface area contributed by atoms with Gasteiger partial charge in [-0.05, 0) is 69.1 Å². The molecule has 0 aromatic heterocycles. The van der Waals surface area contributed by atoms with E-state index < -0.39 is 33.1 Å². The van der Waals surface area contributed by atoms with Crippen LogP contribution in [0.2, 0.25) is 0 Å². The number of ether oxygens (including phenoxy) is 2. The van der Waals surface area contributed by atoms with Gasteiger partial charge in [-0.2, -0.15) is 0 Å². The Bertz CT molecular complexity index is 1280. The zero-order chi connectivity index (χ0) is 25.7. The molecule has 8 rings (SSSR count). The molecule has 1 saturated carbocycles. The summed E-state index contributed by atoms with van der Waals surface area (Å²) in [7, 11) is 1.88.